The third kappa shape index (κ3) is 3.41. The van der Waals surface area contributed by atoms with E-state index in [0.717, 1.165) is 12.1 Å². The second-order valence-electron chi connectivity index (χ2n) is 4.07. The Morgan fingerprint density at radius 1 is 1.05 bits per heavy atom. The van der Waals surface area contributed by atoms with Crippen molar-refractivity contribution in [3.8, 4) is 0 Å². The summed E-state index contributed by atoms with van der Waals surface area (Å²) in [5, 5.41) is 0.328. The van der Waals surface area contributed by atoms with E-state index in [9.17, 15) is 18.0 Å². The van der Waals surface area contributed by atoms with Crippen LogP contribution in [0.15, 0.2) is 46.9 Å². The Labute approximate surface area is 126 Å². The molecule has 0 spiro atoms. The van der Waals surface area contributed by atoms with E-state index in [-0.39, 0.29) is 11.1 Å². The van der Waals surface area contributed by atoms with Crippen LogP contribution < -0.4 is 0 Å². The van der Waals surface area contributed by atoms with Gasteiger partial charge in [0.05, 0.1) is 5.56 Å². The number of hydrogen-bond acceptors (Lipinski definition) is 1. The molecule has 104 valence electrons. The molecule has 0 saturated carbocycles. The van der Waals surface area contributed by atoms with E-state index < -0.39 is 17.5 Å². The molecular formula is C14H7BrClF3O. The van der Waals surface area contributed by atoms with Gasteiger partial charge in [-0.1, -0.05) is 39.7 Å². The van der Waals surface area contributed by atoms with Gasteiger partial charge >= 0.3 is 6.18 Å². The highest BCUT2D eigenvalue weighted by Gasteiger charge is 2.31. The van der Waals surface area contributed by atoms with E-state index in [1.165, 1.54) is 24.3 Å². The maximum atomic E-state index is 12.6. The predicted octanol–water partition coefficient (Wildman–Crippen LogP) is 5.35. The van der Waals surface area contributed by atoms with Crippen molar-refractivity contribution in [2.45, 2.75) is 6.18 Å². The van der Waals surface area contributed by atoms with Crippen molar-refractivity contribution in [1.29, 1.82) is 0 Å². The maximum absolute atomic E-state index is 12.6. The van der Waals surface area contributed by atoms with E-state index in [0.29, 0.717) is 9.50 Å². The van der Waals surface area contributed by atoms with E-state index in [1.54, 1.807) is 6.07 Å². The van der Waals surface area contributed by atoms with E-state index >= 15 is 0 Å². The van der Waals surface area contributed by atoms with Crippen molar-refractivity contribution in [3.05, 3.63) is 68.7 Å². The van der Waals surface area contributed by atoms with Crippen LogP contribution in [-0.4, -0.2) is 5.78 Å². The molecular weight excluding hydrogens is 357 g/mol. The molecule has 0 fully saturated rings. The van der Waals surface area contributed by atoms with E-state index in [4.69, 9.17) is 11.6 Å². The first-order chi connectivity index (χ1) is 9.27. The Balaban J connectivity index is 2.43. The lowest BCUT2D eigenvalue weighted by Gasteiger charge is -2.08. The monoisotopic (exact) mass is 362 g/mol. The summed E-state index contributed by atoms with van der Waals surface area (Å²) in [6, 6.07) is 8.80. The van der Waals surface area contributed by atoms with Gasteiger partial charge in [-0.25, -0.2) is 0 Å². The first-order valence-electron chi connectivity index (χ1n) is 5.45. The maximum Gasteiger partial charge on any atom is 0.416 e. The minimum absolute atomic E-state index is 0.0333. The summed E-state index contributed by atoms with van der Waals surface area (Å²) in [5.41, 5.74) is -0.665. The summed E-state index contributed by atoms with van der Waals surface area (Å²) in [7, 11) is 0. The number of ketones is 1. The third-order valence-electron chi connectivity index (χ3n) is 2.58. The fourth-order valence-corrected chi connectivity index (χ4v) is 2.55. The van der Waals surface area contributed by atoms with Gasteiger partial charge in [0, 0.05) is 20.6 Å². The number of carbonyl (C=O) groups excluding carboxylic acids is 1. The minimum atomic E-state index is -4.48. The van der Waals surface area contributed by atoms with Crippen molar-refractivity contribution in [1.82, 2.24) is 0 Å². The van der Waals surface area contributed by atoms with Crippen LogP contribution in [0.4, 0.5) is 13.2 Å². The van der Waals surface area contributed by atoms with Gasteiger partial charge in [0.1, 0.15) is 0 Å². The summed E-state index contributed by atoms with van der Waals surface area (Å²) >= 11 is 9.01. The van der Waals surface area contributed by atoms with Gasteiger partial charge in [-0.3, -0.25) is 4.79 Å². The highest BCUT2D eigenvalue weighted by molar-refractivity contribution is 9.10. The lowest BCUT2D eigenvalue weighted by atomic mass is 10.0. The standard InChI is InChI=1S/C14H7BrClF3O/c15-11-5-9(6-12(16)7-11)13(20)8-2-1-3-10(4-8)14(17,18)19/h1-7H. The van der Waals surface area contributed by atoms with Crippen LogP contribution in [0.2, 0.25) is 5.02 Å². The van der Waals surface area contributed by atoms with Gasteiger partial charge < -0.3 is 0 Å². The second kappa shape index (κ2) is 5.58. The van der Waals surface area contributed by atoms with Crippen LogP contribution >= 0.6 is 27.5 Å². The van der Waals surface area contributed by atoms with Crippen molar-refractivity contribution >= 4 is 33.3 Å². The fraction of sp³-hybridized carbons (Fsp3) is 0.0714. The predicted molar refractivity (Wildman–Crippen MR) is 74.0 cm³/mol. The second-order valence-corrected chi connectivity index (χ2v) is 5.42. The number of rotatable bonds is 2. The van der Waals surface area contributed by atoms with Crippen molar-refractivity contribution in [2.24, 2.45) is 0 Å². The smallest absolute Gasteiger partial charge is 0.289 e. The zero-order chi connectivity index (χ0) is 14.9. The van der Waals surface area contributed by atoms with Gasteiger partial charge in [0.25, 0.3) is 0 Å². The third-order valence-corrected chi connectivity index (χ3v) is 3.25. The molecule has 0 aliphatic heterocycles. The zero-order valence-corrected chi connectivity index (χ0v) is 12.2. The summed E-state index contributed by atoms with van der Waals surface area (Å²) in [6.45, 7) is 0. The van der Waals surface area contributed by atoms with Crippen molar-refractivity contribution in [3.63, 3.8) is 0 Å². The Morgan fingerprint density at radius 2 is 1.75 bits per heavy atom. The van der Waals surface area contributed by atoms with Crippen LogP contribution in [-0.2, 0) is 6.18 Å². The molecule has 0 saturated heterocycles. The molecule has 0 atom stereocenters. The normalized spacial score (nSPS) is 11.4. The molecule has 2 rings (SSSR count). The van der Waals surface area contributed by atoms with Gasteiger partial charge in [0.2, 0.25) is 0 Å². The van der Waals surface area contributed by atoms with E-state index in [1.807, 2.05) is 0 Å². The number of hydrogen-bond donors (Lipinski definition) is 0. The van der Waals surface area contributed by atoms with Gasteiger partial charge in [-0.05, 0) is 30.3 Å². The number of benzene rings is 2. The van der Waals surface area contributed by atoms with Gasteiger partial charge in [-0.2, -0.15) is 13.2 Å². The van der Waals surface area contributed by atoms with Crippen LogP contribution in [0.1, 0.15) is 21.5 Å². The number of halogens is 5. The SMILES string of the molecule is O=C(c1cc(Cl)cc(Br)c1)c1cccc(C(F)(F)F)c1. The van der Waals surface area contributed by atoms with Crippen LogP contribution in [0.3, 0.4) is 0 Å². The average Bonchev–Trinajstić information content (AvgIpc) is 2.36. The molecule has 6 heteroatoms. The fourth-order valence-electron chi connectivity index (χ4n) is 1.69. The summed E-state index contributed by atoms with van der Waals surface area (Å²) in [5.74, 6) is -0.515. The molecule has 0 amide bonds. The molecule has 0 aliphatic carbocycles. The first-order valence-corrected chi connectivity index (χ1v) is 6.62. The lowest BCUT2D eigenvalue weighted by Crippen LogP contribution is -2.08. The van der Waals surface area contributed by atoms with Crippen LogP contribution in [0, 0.1) is 0 Å². The molecule has 0 bridgehead atoms. The molecule has 0 N–H and O–H groups in total. The molecule has 0 heterocycles. The van der Waals surface area contributed by atoms with Crippen molar-refractivity contribution < 1.29 is 18.0 Å². The molecule has 0 aromatic heterocycles. The molecule has 2 aromatic carbocycles. The molecule has 0 unspecified atom stereocenters. The zero-order valence-electron chi connectivity index (χ0n) is 9.84. The first kappa shape index (κ1) is 15.1. The quantitative estimate of drug-likeness (QED) is 0.657. The molecule has 1 nitrogen and oxygen atoms in total. The molecule has 20 heavy (non-hydrogen) atoms. The van der Waals surface area contributed by atoms with Crippen molar-refractivity contribution in [2.75, 3.05) is 0 Å². The number of carbonyl (C=O) groups is 1. The van der Waals surface area contributed by atoms with Gasteiger partial charge in [-0.15, -0.1) is 0 Å². The Morgan fingerprint density at radius 3 is 2.35 bits per heavy atom. The average molecular weight is 364 g/mol. The summed E-state index contributed by atoms with van der Waals surface area (Å²) in [4.78, 5) is 12.2. The highest BCUT2D eigenvalue weighted by Crippen LogP contribution is 2.30. The number of alkyl halides is 3. The van der Waals surface area contributed by atoms with Crippen LogP contribution in [0.5, 0.6) is 0 Å². The summed E-state index contributed by atoms with van der Waals surface area (Å²) < 4.78 is 38.4. The van der Waals surface area contributed by atoms with Gasteiger partial charge in [0.15, 0.2) is 5.78 Å². The topological polar surface area (TPSA) is 17.1 Å². The Hall–Kier alpha value is -1.33. The summed E-state index contributed by atoms with van der Waals surface area (Å²) in [6.07, 6.45) is -4.48. The Bertz CT molecular complexity index is 647. The lowest BCUT2D eigenvalue weighted by molar-refractivity contribution is -0.137. The minimum Gasteiger partial charge on any atom is -0.289 e. The molecule has 2 aromatic rings. The molecule has 0 aliphatic rings. The Kier molecular flexibility index (Phi) is 4.20. The largest absolute Gasteiger partial charge is 0.416 e. The van der Waals surface area contributed by atoms with Crippen LogP contribution in [0.25, 0.3) is 0 Å². The highest BCUT2D eigenvalue weighted by atomic mass is 79.9. The van der Waals surface area contributed by atoms with E-state index in [2.05, 4.69) is 15.9 Å². The molecule has 0 radical (unpaired) electrons.